The van der Waals surface area contributed by atoms with E-state index < -0.39 is 0 Å². The van der Waals surface area contributed by atoms with Gasteiger partial charge in [-0.15, -0.1) is 0 Å². The van der Waals surface area contributed by atoms with Crippen LogP contribution >= 0.6 is 12.2 Å². The lowest BCUT2D eigenvalue weighted by molar-refractivity contribution is 0.381. The van der Waals surface area contributed by atoms with Crippen molar-refractivity contribution in [3.8, 4) is 0 Å². The molecule has 0 aliphatic heterocycles. The lowest BCUT2D eigenvalue weighted by Gasteiger charge is -2.06. The van der Waals surface area contributed by atoms with Crippen LogP contribution in [0.4, 0.5) is 0 Å². The Morgan fingerprint density at radius 1 is 1.75 bits per heavy atom. The second-order valence-electron chi connectivity index (χ2n) is 1.83. The maximum Gasteiger partial charge on any atom is 0.162 e. The molecule has 0 N–H and O–H groups in total. The third kappa shape index (κ3) is 2.26. The molecule has 0 saturated carbocycles. The van der Waals surface area contributed by atoms with Crippen molar-refractivity contribution in [2.75, 3.05) is 7.11 Å². The molecular formula is C6H12OS. The van der Waals surface area contributed by atoms with Crippen molar-refractivity contribution in [1.29, 1.82) is 0 Å². The van der Waals surface area contributed by atoms with Gasteiger partial charge >= 0.3 is 0 Å². The van der Waals surface area contributed by atoms with E-state index in [1.807, 2.05) is 0 Å². The molecule has 1 unspecified atom stereocenters. The molecule has 0 aliphatic rings. The summed E-state index contributed by atoms with van der Waals surface area (Å²) >= 11 is 4.85. The zero-order valence-electron chi connectivity index (χ0n) is 5.60. The second kappa shape index (κ2) is 3.84. The van der Waals surface area contributed by atoms with Gasteiger partial charge in [0.25, 0.3) is 0 Å². The SMILES string of the molecule is CCC(C)C(=S)OC. The van der Waals surface area contributed by atoms with Crippen LogP contribution in [0.25, 0.3) is 0 Å². The van der Waals surface area contributed by atoms with E-state index in [9.17, 15) is 0 Å². The standard InChI is InChI=1S/C6H12OS/c1-4-5(2)6(8)7-3/h5H,4H2,1-3H3. The van der Waals surface area contributed by atoms with Crippen molar-refractivity contribution < 1.29 is 4.74 Å². The van der Waals surface area contributed by atoms with E-state index in [-0.39, 0.29) is 0 Å². The third-order valence-corrected chi connectivity index (χ3v) is 1.78. The predicted octanol–water partition coefficient (Wildman–Crippen LogP) is 2.01. The van der Waals surface area contributed by atoms with Gasteiger partial charge in [-0.1, -0.05) is 13.8 Å². The van der Waals surface area contributed by atoms with Gasteiger partial charge in [0.1, 0.15) is 0 Å². The maximum absolute atomic E-state index is 4.85. The fourth-order valence-corrected chi connectivity index (χ4v) is 0.535. The number of thiocarbonyl (C=S) groups is 1. The Bertz CT molecular complexity index is 80.6. The van der Waals surface area contributed by atoms with Crippen molar-refractivity contribution in [2.24, 2.45) is 5.92 Å². The first-order valence-corrected chi connectivity index (χ1v) is 3.21. The summed E-state index contributed by atoms with van der Waals surface area (Å²) in [5.74, 6) is 0.426. The molecule has 0 aromatic carbocycles. The van der Waals surface area contributed by atoms with Crippen LogP contribution < -0.4 is 0 Å². The Kier molecular flexibility index (Phi) is 3.79. The first-order valence-electron chi connectivity index (χ1n) is 2.80. The molecule has 0 radical (unpaired) electrons. The van der Waals surface area contributed by atoms with E-state index in [1.165, 1.54) is 0 Å². The molecule has 0 aromatic rings. The summed E-state index contributed by atoms with van der Waals surface area (Å²) in [6.07, 6.45) is 1.06. The summed E-state index contributed by atoms with van der Waals surface area (Å²) in [6, 6.07) is 0. The molecule has 1 atom stereocenters. The minimum Gasteiger partial charge on any atom is -0.490 e. The van der Waals surface area contributed by atoms with Crippen LogP contribution in [0, 0.1) is 5.92 Å². The average molecular weight is 132 g/mol. The van der Waals surface area contributed by atoms with Crippen LogP contribution in [0.5, 0.6) is 0 Å². The van der Waals surface area contributed by atoms with E-state index in [0.717, 1.165) is 6.42 Å². The molecule has 0 fully saturated rings. The van der Waals surface area contributed by atoms with Gasteiger partial charge in [-0.2, -0.15) is 0 Å². The molecule has 0 amide bonds. The van der Waals surface area contributed by atoms with Crippen molar-refractivity contribution in [3.63, 3.8) is 0 Å². The molecule has 0 rings (SSSR count). The monoisotopic (exact) mass is 132 g/mol. The van der Waals surface area contributed by atoms with E-state index in [1.54, 1.807) is 7.11 Å². The van der Waals surface area contributed by atoms with Gasteiger partial charge in [0.05, 0.1) is 7.11 Å². The molecule has 2 heteroatoms. The third-order valence-electron chi connectivity index (χ3n) is 1.22. The van der Waals surface area contributed by atoms with Gasteiger partial charge in [0.2, 0.25) is 0 Å². The van der Waals surface area contributed by atoms with Gasteiger partial charge in [0, 0.05) is 5.92 Å². The quantitative estimate of drug-likeness (QED) is 0.531. The molecule has 1 nitrogen and oxygen atoms in total. The van der Waals surface area contributed by atoms with Crippen molar-refractivity contribution in [3.05, 3.63) is 0 Å². The molecule has 0 heterocycles. The van der Waals surface area contributed by atoms with Crippen LogP contribution in [0.15, 0.2) is 0 Å². The fourth-order valence-electron chi connectivity index (χ4n) is 0.368. The Labute approximate surface area is 56.0 Å². The highest BCUT2D eigenvalue weighted by atomic mass is 32.1. The smallest absolute Gasteiger partial charge is 0.162 e. The minimum atomic E-state index is 0.426. The zero-order valence-corrected chi connectivity index (χ0v) is 6.42. The van der Waals surface area contributed by atoms with Crippen molar-refractivity contribution in [2.45, 2.75) is 20.3 Å². The van der Waals surface area contributed by atoms with Gasteiger partial charge < -0.3 is 4.74 Å². The lowest BCUT2D eigenvalue weighted by atomic mass is 10.1. The van der Waals surface area contributed by atoms with Crippen molar-refractivity contribution >= 4 is 17.3 Å². The normalized spacial score (nSPS) is 12.9. The summed E-state index contributed by atoms with van der Waals surface area (Å²) in [4.78, 5) is 0. The highest BCUT2D eigenvalue weighted by Gasteiger charge is 2.03. The van der Waals surface area contributed by atoms with Crippen LogP contribution in [0.1, 0.15) is 20.3 Å². The average Bonchev–Trinajstić information content (AvgIpc) is 1.84. The topological polar surface area (TPSA) is 9.23 Å². The Hall–Kier alpha value is -0.110. The number of ether oxygens (including phenoxy) is 1. The van der Waals surface area contributed by atoms with Crippen LogP contribution in [-0.2, 0) is 4.74 Å². The molecule has 8 heavy (non-hydrogen) atoms. The molecule has 0 spiro atoms. The Morgan fingerprint density at radius 2 is 2.25 bits per heavy atom. The van der Waals surface area contributed by atoms with E-state index in [2.05, 4.69) is 13.8 Å². The van der Waals surface area contributed by atoms with E-state index in [0.29, 0.717) is 11.0 Å². The van der Waals surface area contributed by atoms with Crippen LogP contribution in [-0.4, -0.2) is 12.2 Å². The Balaban J connectivity index is 3.46. The summed E-state index contributed by atoms with van der Waals surface area (Å²) < 4.78 is 4.83. The first-order chi connectivity index (χ1) is 3.72. The van der Waals surface area contributed by atoms with Gasteiger partial charge in [-0.25, -0.2) is 0 Å². The largest absolute Gasteiger partial charge is 0.490 e. The summed E-state index contributed by atoms with van der Waals surface area (Å²) in [7, 11) is 1.62. The predicted molar refractivity (Wildman–Crippen MR) is 39.1 cm³/mol. The highest BCUT2D eigenvalue weighted by Crippen LogP contribution is 2.03. The van der Waals surface area contributed by atoms with Gasteiger partial charge in [-0.05, 0) is 18.6 Å². The molecule has 0 aromatic heterocycles. The molecule has 0 aliphatic carbocycles. The molecule has 0 bridgehead atoms. The summed E-state index contributed by atoms with van der Waals surface area (Å²) in [6.45, 7) is 4.15. The maximum atomic E-state index is 4.85. The van der Waals surface area contributed by atoms with Crippen LogP contribution in [0.3, 0.4) is 0 Å². The Morgan fingerprint density at radius 3 is 2.38 bits per heavy atom. The second-order valence-corrected chi connectivity index (χ2v) is 2.23. The van der Waals surface area contributed by atoms with Crippen molar-refractivity contribution in [1.82, 2.24) is 0 Å². The number of hydrogen-bond donors (Lipinski definition) is 0. The zero-order chi connectivity index (χ0) is 6.57. The summed E-state index contributed by atoms with van der Waals surface area (Å²) in [5, 5.41) is 0.715. The first kappa shape index (κ1) is 7.89. The molecular weight excluding hydrogens is 120 g/mol. The number of hydrogen-bond acceptors (Lipinski definition) is 2. The highest BCUT2D eigenvalue weighted by molar-refractivity contribution is 7.80. The number of methoxy groups -OCH3 is 1. The number of rotatable bonds is 2. The van der Waals surface area contributed by atoms with E-state index in [4.69, 9.17) is 17.0 Å². The van der Waals surface area contributed by atoms with Gasteiger partial charge in [0.15, 0.2) is 5.05 Å². The summed E-state index contributed by atoms with van der Waals surface area (Å²) in [5.41, 5.74) is 0. The minimum absolute atomic E-state index is 0.426. The lowest BCUT2D eigenvalue weighted by Crippen LogP contribution is -2.08. The molecule has 48 valence electrons. The van der Waals surface area contributed by atoms with E-state index >= 15 is 0 Å². The molecule has 0 saturated heterocycles. The van der Waals surface area contributed by atoms with Gasteiger partial charge in [-0.3, -0.25) is 0 Å². The van der Waals surface area contributed by atoms with Crippen LogP contribution in [0.2, 0.25) is 0 Å². The fraction of sp³-hybridized carbons (Fsp3) is 0.833.